The number of nitrogens with one attached hydrogen (secondary N) is 1. The van der Waals surface area contributed by atoms with Crippen LogP contribution in [0.2, 0.25) is 0 Å². The minimum absolute atomic E-state index is 0.00932. The summed E-state index contributed by atoms with van der Waals surface area (Å²) >= 11 is 0. The summed E-state index contributed by atoms with van der Waals surface area (Å²) in [5.41, 5.74) is -1.04. The number of benzene rings is 1. The van der Waals surface area contributed by atoms with Crippen LogP contribution in [0.5, 0.6) is 5.75 Å². The number of aryl methyl sites for hydroxylation is 1. The highest BCUT2D eigenvalue weighted by molar-refractivity contribution is 5.93. The van der Waals surface area contributed by atoms with Crippen molar-refractivity contribution in [2.24, 2.45) is 0 Å². The van der Waals surface area contributed by atoms with Gasteiger partial charge in [-0.3, -0.25) is 9.36 Å². The van der Waals surface area contributed by atoms with Gasteiger partial charge in [0.2, 0.25) is 11.4 Å². The number of fused-ring (bicyclic) bond motifs is 1. The summed E-state index contributed by atoms with van der Waals surface area (Å²) in [4.78, 5) is 30.8. The van der Waals surface area contributed by atoms with Gasteiger partial charge in [0.15, 0.2) is 11.2 Å². The Morgan fingerprint density at radius 2 is 1.93 bits per heavy atom. The first-order chi connectivity index (χ1) is 13.9. The smallest absolute Gasteiger partial charge is 0.344 e. The Balaban J connectivity index is 2.06. The monoisotopic (exact) mass is 398 g/mol. The molecule has 0 atom stereocenters. The minimum atomic E-state index is -1.65. The average molecular weight is 398 g/mol. The zero-order valence-electron chi connectivity index (χ0n) is 15.6. The van der Waals surface area contributed by atoms with E-state index in [0.29, 0.717) is 24.5 Å². The van der Waals surface area contributed by atoms with E-state index in [2.05, 4.69) is 10.3 Å². The van der Waals surface area contributed by atoms with Gasteiger partial charge in [0.25, 0.3) is 0 Å². The van der Waals surface area contributed by atoms with Crippen molar-refractivity contribution >= 4 is 22.8 Å². The minimum Gasteiger partial charge on any atom is -0.508 e. The van der Waals surface area contributed by atoms with Gasteiger partial charge in [-0.25, -0.2) is 9.78 Å². The Kier molecular flexibility index (Phi) is 4.67. The van der Waals surface area contributed by atoms with Crippen LogP contribution >= 0.6 is 0 Å². The SMILES string of the molecule is Cc1cc(O)ccc1-n1c(F)c(C(=O)O)c(=O)c2ccc(N3CCNCC3)nc21. The molecule has 3 heterocycles. The van der Waals surface area contributed by atoms with Crippen molar-refractivity contribution in [1.82, 2.24) is 14.9 Å². The molecule has 29 heavy (non-hydrogen) atoms. The predicted octanol–water partition coefficient (Wildman–Crippen LogP) is 1.65. The van der Waals surface area contributed by atoms with Crippen LogP contribution in [0.1, 0.15) is 15.9 Å². The number of hydrogen-bond donors (Lipinski definition) is 3. The third-order valence-electron chi connectivity index (χ3n) is 5.02. The molecular formula is C20H19FN4O4. The Labute approximate surface area is 164 Å². The zero-order valence-corrected chi connectivity index (χ0v) is 15.6. The number of hydrogen-bond acceptors (Lipinski definition) is 6. The molecular weight excluding hydrogens is 379 g/mol. The summed E-state index contributed by atoms with van der Waals surface area (Å²) in [5.74, 6) is -2.28. The molecule has 0 amide bonds. The summed E-state index contributed by atoms with van der Waals surface area (Å²) in [5, 5.41) is 22.4. The molecule has 8 nitrogen and oxygen atoms in total. The van der Waals surface area contributed by atoms with Crippen LogP contribution in [0.3, 0.4) is 0 Å². The number of piperazine rings is 1. The zero-order chi connectivity index (χ0) is 20.7. The second-order valence-corrected chi connectivity index (χ2v) is 6.88. The van der Waals surface area contributed by atoms with Gasteiger partial charge in [0.05, 0.1) is 11.1 Å². The second kappa shape index (κ2) is 7.17. The fourth-order valence-electron chi connectivity index (χ4n) is 3.59. The first-order valence-electron chi connectivity index (χ1n) is 9.12. The standard InChI is InChI=1S/C20H19FN4O4/c1-11-10-12(26)2-4-14(11)25-18(21)16(20(28)29)17(27)13-3-5-15(23-19(13)25)24-8-6-22-7-9-24/h2-5,10,22,26H,6-9H2,1H3,(H,28,29). The van der Waals surface area contributed by atoms with E-state index in [1.54, 1.807) is 13.0 Å². The van der Waals surface area contributed by atoms with Crippen LogP contribution < -0.4 is 15.6 Å². The molecule has 1 aromatic carbocycles. The highest BCUT2D eigenvalue weighted by Crippen LogP contribution is 2.26. The number of aromatic carboxylic acids is 1. The van der Waals surface area contributed by atoms with Crippen molar-refractivity contribution in [2.45, 2.75) is 6.92 Å². The predicted molar refractivity (Wildman–Crippen MR) is 106 cm³/mol. The third kappa shape index (κ3) is 3.19. The van der Waals surface area contributed by atoms with Crippen LogP contribution in [0.4, 0.5) is 10.2 Å². The average Bonchev–Trinajstić information content (AvgIpc) is 2.69. The highest BCUT2D eigenvalue weighted by Gasteiger charge is 2.25. The van der Waals surface area contributed by atoms with Gasteiger partial charge in [-0.1, -0.05) is 0 Å². The first-order valence-corrected chi connectivity index (χ1v) is 9.12. The molecule has 0 saturated carbocycles. The van der Waals surface area contributed by atoms with Crippen molar-refractivity contribution in [3.63, 3.8) is 0 Å². The van der Waals surface area contributed by atoms with Crippen molar-refractivity contribution in [2.75, 3.05) is 31.1 Å². The van der Waals surface area contributed by atoms with E-state index < -0.39 is 22.9 Å². The number of carboxylic acids is 1. The quantitative estimate of drug-likeness (QED) is 0.576. The van der Waals surface area contributed by atoms with Gasteiger partial charge < -0.3 is 20.4 Å². The fraction of sp³-hybridized carbons (Fsp3) is 0.250. The second-order valence-electron chi connectivity index (χ2n) is 6.88. The Hall–Kier alpha value is -3.46. The normalized spacial score (nSPS) is 14.3. The number of phenolic OH excluding ortho intramolecular Hbond substituents is 1. The highest BCUT2D eigenvalue weighted by atomic mass is 19.1. The van der Waals surface area contributed by atoms with Crippen LogP contribution in [-0.2, 0) is 0 Å². The van der Waals surface area contributed by atoms with E-state index in [4.69, 9.17) is 0 Å². The first kappa shape index (κ1) is 18.9. The van der Waals surface area contributed by atoms with E-state index >= 15 is 4.39 Å². The van der Waals surface area contributed by atoms with Crippen LogP contribution in [0.15, 0.2) is 35.1 Å². The lowest BCUT2D eigenvalue weighted by Gasteiger charge is -2.28. The number of pyridine rings is 2. The van der Waals surface area contributed by atoms with E-state index in [9.17, 15) is 19.8 Å². The number of carbonyl (C=O) groups is 1. The fourth-order valence-corrected chi connectivity index (χ4v) is 3.59. The van der Waals surface area contributed by atoms with Crippen molar-refractivity contribution in [1.29, 1.82) is 0 Å². The maximum Gasteiger partial charge on any atom is 0.344 e. The molecule has 150 valence electrons. The molecule has 0 bridgehead atoms. The maximum absolute atomic E-state index is 15.3. The van der Waals surface area contributed by atoms with Gasteiger partial charge >= 0.3 is 5.97 Å². The number of nitrogens with zero attached hydrogens (tertiary/aromatic N) is 3. The maximum atomic E-state index is 15.3. The molecule has 0 unspecified atom stereocenters. The molecule has 1 aliphatic rings. The molecule has 3 N–H and O–H groups in total. The number of rotatable bonds is 3. The number of halogens is 1. The van der Waals surface area contributed by atoms with E-state index in [-0.39, 0.29) is 22.5 Å². The largest absolute Gasteiger partial charge is 0.508 e. The van der Waals surface area contributed by atoms with Crippen LogP contribution in [0, 0.1) is 12.9 Å². The number of anilines is 1. The number of phenols is 1. The molecule has 1 fully saturated rings. The summed E-state index contributed by atoms with van der Waals surface area (Å²) in [6.07, 6.45) is 0. The number of carboxylic acid groups (broad SMARTS) is 1. The van der Waals surface area contributed by atoms with Crippen molar-refractivity contribution in [3.05, 3.63) is 57.6 Å². The topological polar surface area (TPSA) is 108 Å². The van der Waals surface area contributed by atoms with Gasteiger partial charge in [0, 0.05) is 26.2 Å². The van der Waals surface area contributed by atoms with Gasteiger partial charge in [-0.2, -0.15) is 4.39 Å². The van der Waals surface area contributed by atoms with Crippen molar-refractivity contribution < 1.29 is 19.4 Å². The lowest BCUT2D eigenvalue weighted by molar-refractivity contribution is 0.0689. The summed E-state index contributed by atoms with van der Waals surface area (Å²) in [6.45, 7) is 4.61. The van der Waals surface area contributed by atoms with Crippen LogP contribution in [-0.4, -0.2) is 51.9 Å². The Morgan fingerprint density at radius 3 is 2.59 bits per heavy atom. The molecule has 0 aliphatic carbocycles. The van der Waals surface area contributed by atoms with Crippen molar-refractivity contribution in [3.8, 4) is 11.4 Å². The summed E-state index contributed by atoms with van der Waals surface area (Å²) in [7, 11) is 0. The Bertz CT molecular complexity index is 1190. The molecule has 3 aromatic rings. The van der Waals surface area contributed by atoms with Crippen LogP contribution in [0.25, 0.3) is 16.7 Å². The molecule has 1 aliphatic heterocycles. The van der Waals surface area contributed by atoms with E-state index in [1.807, 2.05) is 4.90 Å². The lowest BCUT2D eigenvalue weighted by atomic mass is 10.1. The van der Waals surface area contributed by atoms with E-state index in [0.717, 1.165) is 17.7 Å². The third-order valence-corrected chi connectivity index (χ3v) is 5.02. The molecule has 0 radical (unpaired) electrons. The molecule has 1 saturated heterocycles. The Morgan fingerprint density at radius 1 is 1.21 bits per heavy atom. The molecule has 0 spiro atoms. The van der Waals surface area contributed by atoms with Gasteiger partial charge in [-0.15, -0.1) is 0 Å². The number of aromatic nitrogens is 2. The van der Waals surface area contributed by atoms with Gasteiger partial charge in [-0.05, 0) is 42.8 Å². The molecule has 2 aromatic heterocycles. The molecule has 9 heteroatoms. The number of aromatic hydroxyl groups is 1. The van der Waals surface area contributed by atoms with Gasteiger partial charge in [0.1, 0.15) is 11.6 Å². The lowest BCUT2D eigenvalue weighted by Crippen LogP contribution is -2.44. The molecule has 4 rings (SSSR count). The summed E-state index contributed by atoms with van der Waals surface area (Å²) < 4.78 is 16.3. The van der Waals surface area contributed by atoms with E-state index in [1.165, 1.54) is 24.3 Å². The summed E-state index contributed by atoms with van der Waals surface area (Å²) in [6, 6.07) is 7.39.